The normalized spacial score (nSPS) is 21.2. The molecule has 114 valence electrons. The zero-order valence-electron chi connectivity index (χ0n) is 13.5. The molecular formula is C17H35NS. The molecule has 0 spiro atoms. The fourth-order valence-corrected chi connectivity index (χ4v) is 3.30. The number of rotatable bonds is 9. The van der Waals surface area contributed by atoms with E-state index < -0.39 is 0 Å². The lowest BCUT2D eigenvalue weighted by atomic mass is 9.80. The number of likely N-dealkylation sites (tertiary alicyclic amines) is 1. The molecule has 1 unspecified atom stereocenters. The van der Waals surface area contributed by atoms with Crippen molar-refractivity contribution < 1.29 is 0 Å². The maximum atomic E-state index is 4.25. The van der Waals surface area contributed by atoms with Crippen molar-refractivity contribution in [2.45, 2.75) is 72.1 Å². The Hall–Kier alpha value is 0.310. The Balaban J connectivity index is 1.94. The van der Waals surface area contributed by atoms with Crippen molar-refractivity contribution in [1.82, 2.24) is 4.90 Å². The first-order valence-corrected chi connectivity index (χ1v) is 9.00. The van der Waals surface area contributed by atoms with Gasteiger partial charge in [0, 0.05) is 6.54 Å². The Morgan fingerprint density at radius 1 is 0.947 bits per heavy atom. The number of thiol groups is 1. The highest BCUT2D eigenvalue weighted by molar-refractivity contribution is 7.80. The van der Waals surface area contributed by atoms with Crippen LogP contribution in [0, 0.1) is 11.3 Å². The maximum absolute atomic E-state index is 4.25. The molecule has 1 nitrogen and oxygen atoms in total. The minimum atomic E-state index is 0.502. The first-order valence-electron chi connectivity index (χ1n) is 8.37. The average molecular weight is 286 g/mol. The molecule has 0 aliphatic carbocycles. The van der Waals surface area contributed by atoms with E-state index in [2.05, 4.69) is 38.3 Å². The average Bonchev–Trinajstić information content (AvgIpc) is 2.81. The topological polar surface area (TPSA) is 3.24 Å². The third-order valence-corrected chi connectivity index (χ3v) is 4.95. The zero-order valence-corrected chi connectivity index (χ0v) is 14.4. The van der Waals surface area contributed by atoms with Crippen LogP contribution in [0.4, 0.5) is 0 Å². The number of hydrogen-bond donors (Lipinski definition) is 1. The van der Waals surface area contributed by atoms with Crippen molar-refractivity contribution in [1.29, 1.82) is 0 Å². The van der Waals surface area contributed by atoms with Gasteiger partial charge in [0.25, 0.3) is 0 Å². The van der Waals surface area contributed by atoms with Crippen molar-refractivity contribution in [3.8, 4) is 0 Å². The molecule has 2 heteroatoms. The quantitative estimate of drug-likeness (QED) is 0.460. The van der Waals surface area contributed by atoms with Gasteiger partial charge in [0.05, 0.1) is 0 Å². The third kappa shape index (κ3) is 7.60. The second kappa shape index (κ2) is 9.28. The Morgan fingerprint density at radius 2 is 1.53 bits per heavy atom. The van der Waals surface area contributed by atoms with Crippen LogP contribution in [0.5, 0.6) is 0 Å². The summed E-state index contributed by atoms with van der Waals surface area (Å²) in [5, 5.41) is 0. The van der Waals surface area contributed by atoms with Crippen LogP contribution >= 0.6 is 12.6 Å². The molecule has 0 N–H and O–H groups in total. The summed E-state index contributed by atoms with van der Waals surface area (Å²) >= 11 is 4.25. The molecule has 0 aromatic carbocycles. The SMILES string of the molecule is CC(C)(C)C1CCN(CCCCCCCCCS)C1. The standard InChI is InChI=1S/C17H35NS/c1-17(2,3)16-11-13-18(15-16)12-9-7-5-4-6-8-10-14-19/h16,19H,4-15H2,1-3H3. The lowest BCUT2D eigenvalue weighted by Gasteiger charge is -2.27. The molecule has 1 atom stereocenters. The summed E-state index contributed by atoms with van der Waals surface area (Å²) < 4.78 is 0. The summed E-state index contributed by atoms with van der Waals surface area (Å²) in [5.41, 5.74) is 0.502. The monoisotopic (exact) mass is 285 g/mol. The molecule has 0 amide bonds. The van der Waals surface area contributed by atoms with Crippen molar-refractivity contribution >= 4 is 12.6 Å². The second-order valence-corrected chi connectivity index (χ2v) is 7.80. The molecule has 0 aromatic heterocycles. The smallest absolute Gasteiger partial charge is 0.00151 e. The molecule has 1 heterocycles. The van der Waals surface area contributed by atoms with E-state index in [1.165, 1.54) is 71.0 Å². The Bertz CT molecular complexity index is 222. The zero-order chi connectivity index (χ0) is 14.1. The van der Waals surface area contributed by atoms with Crippen LogP contribution in [0.15, 0.2) is 0 Å². The van der Waals surface area contributed by atoms with E-state index in [9.17, 15) is 0 Å². The van der Waals surface area contributed by atoms with Crippen LogP contribution in [0.25, 0.3) is 0 Å². The summed E-state index contributed by atoms with van der Waals surface area (Å²) in [6, 6.07) is 0. The number of unbranched alkanes of at least 4 members (excludes halogenated alkanes) is 6. The summed E-state index contributed by atoms with van der Waals surface area (Å²) in [6.45, 7) is 11.2. The number of hydrogen-bond acceptors (Lipinski definition) is 2. The van der Waals surface area contributed by atoms with Crippen LogP contribution in [-0.2, 0) is 0 Å². The molecule has 0 bridgehead atoms. The van der Waals surface area contributed by atoms with Gasteiger partial charge in [-0.3, -0.25) is 0 Å². The predicted octanol–water partition coefficient (Wildman–Crippen LogP) is 5.01. The van der Waals surface area contributed by atoms with E-state index in [0.717, 1.165) is 11.7 Å². The molecule has 0 saturated carbocycles. The summed E-state index contributed by atoms with van der Waals surface area (Å²) in [6.07, 6.45) is 11.2. The Kier molecular flexibility index (Phi) is 8.48. The Morgan fingerprint density at radius 3 is 2.05 bits per heavy atom. The lowest BCUT2D eigenvalue weighted by molar-refractivity contribution is 0.227. The maximum Gasteiger partial charge on any atom is 0.00151 e. The van der Waals surface area contributed by atoms with Crippen LogP contribution in [-0.4, -0.2) is 30.3 Å². The van der Waals surface area contributed by atoms with E-state index in [1.54, 1.807) is 0 Å². The molecule has 19 heavy (non-hydrogen) atoms. The van der Waals surface area contributed by atoms with Crippen molar-refractivity contribution in [2.75, 3.05) is 25.4 Å². The van der Waals surface area contributed by atoms with Gasteiger partial charge in [-0.1, -0.05) is 52.9 Å². The highest BCUT2D eigenvalue weighted by atomic mass is 32.1. The molecule has 1 aliphatic rings. The van der Waals surface area contributed by atoms with Crippen LogP contribution < -0.4 is 0 Å². The number of nitrogens with zero attached hydrogens (tertiary/aromatic N) is 1. The molecular weight excluding hydrogens is 250 g/mol. The Labute approximate surface area is 126 Å². The van der Waals surface area contributed by atoms with Crippen LogP contribution in [0.3, 0.4) is 0 Å². The van der Waals surface area contributed by atoms with Gasteiger partial charge in [-0.25, -0.2) is 0 Å². The summed E-state index contributed by atoms with van der Waals surface area (Å²) in [7, 11) is 0. The molecule has 1 rings (SSSR count). The van der Waals surface area contributed by atoms with E-state index in [-0.39, 0.29) is 0 Å². The summed E-state index contributed by atoms with van der Waals surface area (Å²) in [5.74, 6) is 1.97. The fourth-order valence-electron chi connectivity index (χ4n) is 3.07. The van der Waals surface area contributed by atoms with E-state index in [4.69, 9.17) is 0 Å². The van der Waals surface area contributed by atoms with E-state index in [1.807, 2.05) is 0 Å². The van der Waals surface area contributed by atoms with Gasteiger partial charge >= 0.3 is 0 Å². The van der Waals surface area contributed by atoms with E-state index >= 15 is 0 Å². The molecule has 1 aliphatic heterocycles. The van der Waals surface area contributed by atoms with Crippen LogP contribution in [0.2, 0.25) is 0 Å². The largest absolute Gasteiger partial charge is 0.303 e. The molecule has 1 fully saturated rings. The highest BCUT2D eigenvalue weighted by Gasteiger charge is 2.31. The minimum absolute atomic E-state index is 0.502. The summed E-state index contributed by atoms with van der Waals surface area (Å²) in [4.78, 5) is 2.69. The minimum Gasteiger partial charge on any atom is -0.303 e. The second-order valence-electron chi connectivity index (χ2n) is 7.35. The van der Waals surface area contributed by atoms with Crippen LogP contribution in [0.1, 0.15) is 72.1 Å². The van der Waals surface area contributed by atoms with Crippen molar-refractivity contribution in [2.24, 2.45) is 11.3 Å². The van der Waals surface area contributed by atoms with Gasteiger partial charge in [0.2, 0.25) is 0 Å². The van der Waals surface area contributed by atoms with Gasteiger partial charge in [-0.05, 0) is 49.4 Å². The van der Waals surface area contributed by atoms with Crippen molar-refractivity contribution in [3.05, 3.63) is 0 Å². The van der Waals surface area contributed by atoms with Gasteiger partial charge < -0.3 is 4.90 Å². The van der Waals surface area contributed by atoms with Crippen molar-refractivity contribution in [3.63, 3.8) is 0 Å². The van der Waals surface area contributed by atoms with Gasteiger partial charge in [-0.15, -0.1) is 0 Å². The lowest BCUT2D eigenvalue weighted by Crippen LogP contribution is -2.26. The van der Waals surface area contributed by atoms with Gasteiger partial charge in [0.1, 0.15) is 0 Å². The third-order valence-electron chi connectivity index (χ3n) is 4.63. The predicted molar refractivity (Wildman–Crippen MR) is 90.2 cm³/mol. The highest BCUT2D eigenvalue weighted by Crippen LogP contribution is 2.33. The first kappa shape index (κ1) is 17.4. The van der Waals surface area contributed by atoms with E-state index in [0.29, 0.717) is 5.41 Å². The first-order chi connectivity index (χ1) is 9.04. The molecule has 1 saturated heterocycles. The van der Waals surface area contributed by atoms with Gasteiger partial charge in [0.15, 0.2) is 0 Å². The molecule has 0 radical (unpaired) electrons. The fraction of sp³-hybridized carbons (Fsp3) is 1.00. The van der Waals surface area contributed by atoms with Gasteiger partial charge in [-0.2, -0.15) is 12.6 Å². The molecule has 0 aromatic rings.